The minimum Gasteiger partial charge on any atom is -0.496 e. The van der Waals surface area contributed by atoms with E-state index in [0.717, 1.165) is 75.2 Å². The van der Waals surface area contributed by atoms with Crippen molar-refractivity contribution in [2.75, 3.05) is 56.2 Å². The fourth-order valence-corrected chi connectivity index (χ4v) is 4.79. The van der Waals surface area contributed by atoms with Crippen molar-refractivity contribution in [3.8, 4) is 5.75 Å². The van der Waals surface area contributed by atoms with Gasteiger partial charge >= 0.3 is 0 Å². The molecule has 2 aromatic rings. The second-order valence-electron chi connectivity index (χ2n) is 8.47. The Balaban J connectivity index is 1.26. The van der Waals surface area contributed by atoms with Gasteiger partial charge in [-0.05, 0) is 37.8 Å². The Morgan fingerprint density at radius 2 is 1.70 bits per heavy atom. The average molecular weight is 408 g/mol. The molecule has 0 unspecified atom stereocenters. The Morgan fingerprint density at radius 1 is 0.967 bits per heavy atom. The molecule has 1 saturated carbocycles. The van der Waals surface area contributed by atoms with E-state index in [2.05, 4.69) is 14.8 Å². The van der Waals surface area contributed by atoms with Crippen LogP contribution in [-0.2, 0) is 10.2 Å². The molecule has 7 heteroatoms. The third-order valence-electron chi connectivity index (χ3n) is 6.69. The van der Waals surface area contributed by atoms with Gasteiger partial charge in [0, 0.05) is 51.0 Å². The van der Waals surface area contributed by atoms with E-state index in [0.29, 0.717) is 0 Å². The minimum atomic E-state index is -0.396. The van der Waals surface area contributed by atoms with Crippen LogP contribution in [0.25, 0.3) is 0 Å². The smallest absolute Gasteiger partial charge is 0.233 e. The van der Waals surface area contributed by atoms with Gasteiger partial charge in [-0.15, -0.1) is 0 Å². The van der Waals surface area contributed by atoms with Gasteiger partial charge in [-0.25, -0.2) is 4.98 Å². The zero-order valence-corrected chi connectivity index (χ0v) is 17.6. The molecule has 2 saturated heterocycles. The summed E-state index contributed by atoms with van der Waals surface area (Å²) in [6.45, 7) is 5.11. The summed E-state index contributed by atoms with van der Waals surface area (Å²) < 4.78 is 5.54. The van der Waals surface area contributed by atoms with Crippen LogP contribution in [-0.4, -0.2) is 67.2 Å². The van der Waals surface area contributed by atoms with Gasteiger partial charge in [-0.2, -0.15) is 4.98 Å². The fraction of sp³-hybridized carbons (Fsp3) is 0.522. The summed E-state index contributed by atoms with van der Waals surface area (Å²) in [7, 11) is 1.68. The number of hydrogen-bond acceptors (Lipinski definition) is 6. The van der Waals surface area contributed by atoms with E-state index in [4.69, 9.17) is 9.72 Å². The van der Waals surface area contributed by atoms with Gasteiger partial charge in [0.2, 0.25) is 11.9 Å². The Kier molecular flexibility index (Phi) is 4.97. The van der Waals surface area contributed by atoms with Crippen molar-refractivity contribution < 1.29 is 9.53 Å². The van der Waals surface area contributed by atoms with Crippen LogP contribution in [0.2, 0.25) is 0 Å². The first-order valence-electron chi connectivity index (χ1n) is 11.0. The third kappa shape index (κ3) is 3.36. The van der Waals surface area contributed by atoms with Crippen LogP contribution in [0.4, 0.5) is 11.8 Å². The number of benzene rings is 1. The van der Waals surface area contributed by atoms with Gasteiger partial charge in [0.15, 0.2) is 0 Å². The third-order valence-corrected chi connectivity index (χ3v) is 6.69. The van der Waals surface area contributed by atoms with Crippen LogP contribution in [0.1, 0.15) is 31.2 Å². The standard InChI is InChI=1S/C23H29N5O2/c1-30-19-7-3-2-6-18(19)23(9-10-23)21(29)27-16-14-26(15-17-27)20-8-11-24-22(25-20)28-12-4-5-13-28/h2-3,6-8,11H,4-5,9-10,12-17H2,1H3. The molecule has 1 aromatic heterocycles. The lowest BCUT2D eigenvalue weighted by Crippen LogP contribution is -2.51. The molecular formula is C23H29N5O2. The van der Waals surface area contributed by atoms with E-state index in [9.17, 15) is 4.79 Å². The van der Waals surface area contributed by atoms with Crippen LogP contribution < -0.4 is 14.5 Å². The molecule has 3 aliphatic rings. The highest BCUT2D eigenvalue weighted by Crippen LogP contribution is 2.52. The lowest BCUT2D eigenvalue weighted by atomic mass is 9.93. The van der Waals surface area contributed by atoms with E-state index in [1.165, 1.54) is 12.8 Å². The first-order valence-corrected chi connectivity index (χ1v) is 11.0. The highest BCUT2D eigenvalue weighted by Gasteiger charge is 2.54. The van der Waals surface area contributed by atoms with E-state index in [1.54, 1.807) is 7.11 Å². The topological polar surface area (TPSA) is 61.8 Å². The van der Waals surface area contributed by atoms with Crippen LogP contribution in [0.15, 0.2) is 36.5 Å². The number of carbonyl (C=O) groups excluding carboxylic acids is 1. The van der Waals surface area contributed by atoms with Crippen molar-refractivity contribution in [1.82, 2.24) is 14.9 Å². The molecule has 1 aliphatic carbocycles. The summed E-state index contributed by atoms with van der Waals surface area (Å²) in [6, 6.07) is 9.93. The zero-order valence-electron chi connectivity index (χ0n) is 17.6. The van der Waals surface area contributed by atoms with Crippen LogP contribution >= 0.6 is 0 Å². The SMILES string of the molecule is COc1ccccc1C1(C(=O)N2CCN(c3ccnc(N4CCCC4)n3)CC2)CC1. The van der Waals surface area contributed by atoms with Gasteiger partial charge < -0.3 is 19.4 Å². The molecule has 30 heavy (non-hydrogen) atoms. The van der Waals surface area contributed by atoms with Crippen LogP contribution in [0.3, 0.4) is 0 Å². The quantitative estimate of drug-likeness (QED) is 0.759. The lowest BCUT2D eigenvalue weighted by Gasteiger charge is -2.37. The van der Waals surface area contributed by atoms with Crippen molar-refractivity contribution in [3.05, 3.63) is 42.1 Å². The first kappa shape index (κ1) is 19.2. The summed E-state index contributed by atoms with van der Waals surface area (Å²) in [5, 5.41) is 0. The van der Waals surface area contributed by atoms with E-state index in [1.807, 2.05) is 41.4 Å². The molecule has 0 spiro atoms. The molecule has 0 radical (unpaired) electrons. The average Bonchev–Trinajstić information content (AvgIpc) is 3.43. The molecular weight excluding hydrogens is 378 g/mol. The second kappa shape index (κ2) is 7.78. The number of nitrogens with zero attached hydrogens (tertiary/aromatic N) is 5. The number of carbonyl (C=O) groups is 1. The number of amides is 1. The molecule has 7 nitrogen and oxygen atoms in total. The van der Waals surface area contributed by atoms with Crippen molar-refractivity contribution in [2.24, 2.45) is 0 Å². The van der Waals surface area contributed by atoms with E-state index in [-0.39, 0.29) is 5.91 Å². The number of methoxy groups -OCH3 is 1. The molecule has 0 atom stereocenters. The van der Waals surface area contributed by atoms with Gasteiger partial charge in [-0.3, -0.25) is 4.79 Å². The van der Waals surface area contributed by atoms with Crippen LogP contribution in [0, 0.1) is 0 Å². The van der Waals surface area contributed by atoms with Gasteiger partial charge in [0.1, 0.15) is 11.6 Å². The number of ether oxygens (including phenoxy) is 1. The molecule has 0 bridgehead atoms. The molecule has 3 fully saturated rings. The molecule has 2 aliphatic heterocycles. The second-order valence-corrected chi connectivity index (χ2v) is 8.47. The van der Waals surface area contributed by atoms with Gasteiger partial charge in [0.25, 0.3) is 0 Å². The Bertz CT molecular complexity index is 915. The predicted molar refractivity (Wildman–Crippen MR) is 116 cm³/mol. The predicted octanol–water partition coefficient (Wildman–Crippen LogP) is 2.47. The summed E-state index contributed by atoms with van der Waals surface area (Å²) >= 11 is 0. The highest BCUT2D eigenvalue weighted by molar-refractivity contribution is 5.92. The monoisotopic (exact) mass is 407 g/mol. The Hall–Kier alpha value is -2.83. The number of piperazine rings is 1. The van der Waals surface area contributed by atoms with Crippen molar-refractivity contribution in [1.29, 1.82) is 0 Å². The summed E-state index contributed by atoms with van der Waals surface area (Å²) in [5.74, 6) is 2.85. The largest absolute Gasteiger partial charge is 0.496 e. The maximum absolute atomic E-state index is 13.4. The maximum Gasteiger partial charge on any atom is 0.233 e. The summed E-state index contributed by atoms with van der Waals surface area (Å²) in [4.78, 5) is 29.3. The Labute approximate surface area is 177 Å². The maximum atomic E-state index is 13.4. The number of para-hydroxylation sites is 1. The number of aromatic nitrogens is 2. The summed E-state index contributed by atoms with van der Waals surface area (Å²) in [6.07, 6.45) is 6.08. The van der Waals surface area contributed by atoms with E-state index >= 15 is 0 Å². The molecule has 158 valence electrons. The molecule has 1 amide bonds. The molecule has 3 heterocycles. The first-order chi connectivity index (χ1) is 14.7. The number of rotatable bonds is 5. The van der Waals surface area contributed by atoms with Gasteiger partial charge in [0.05, 0.1) is 12.5 Å². The molecule has 0 N–H and O–H groups in total. The lowest BCUT2D eigenvalue weighted by molar-refractivity contribution is -0.134. The molecule has 5 rings (SSSR count). The zero-order chi connectivity index (χ0) is 20.6. The molecule has 1 aromatic carbocycles. The number of anilines is 2. The minimum absolute atomic E-state index is 0.243. The van der Waals surface area contributed by atoms with Crippen molar-refractivity contribution in [3.63, 3.8) is 0 Å². The summed E-state index contributed by atoms with van der Waals surface area (Å²) in [5.41, 5.74) is 0.637. The van der Waals surface area contributed by atoms with Crippen molar-refractivity contribution >= 4 is 17.7 Å². The van der Waals surface area contributed by atoms with Gasteiger partial charge in [-0.1, -0.05) is 18.2 Å². The normalized spacial score (nSPS) is 20.4. The number of hydrogen-bond donors (Lipinski definition) is 0. The highest BCUT2D eigenvalue weighted by atomic mass is 16.5. The van der Waals surface area contributed by atoms with Crippen LogP contribution in [0.5, 0.6) is 5.75 Å². The fourth-order valence-electron chi connectivity index (χ4n) is 4.79. The Morgan fingerprint density at radius 3 is 2.40 bits per heavy atom. The van der Waals surface area contributed by atoms with E-state index < -0.39 is 5.41 Å². The van der Waals surface area contributed by atoms with Crippen molar-refractivity contribution in [2.45, 2.75) is 31.1 Å².